The molecule has 0 aliphatic carbocycles. The van der Waals surface area contributed by atoms with Crippen LogP contribution in [-0.4, -0.2) is 95.2 Å². The number of hydrogen-bond donors (Lipinski definition) is 1. The number of carbonyl (C=O) groups is 5. The topological polar surface area (TPSA) is 116 Å². The molecular weight excluding hydrogens is 572 g/mol. The molecule has 0 heterocycles. The fourth-order valence-electron chi connectivity index (χ4n) is 5.44. The van der Waals surface area contributed by atoms with Crippen LogP contribution in [0.5, 0.6) is 0 Å². The van der Waals surface area contributed by atoms with Gasteiger partial charge in [0.15, 0.2) is 5.78 Å². The molecule has 1 aromatic rings. The lowest BCUT2D eigenvalue weighted by atomic mass is 9.92. The molecule has 0 fully saturated rings. The highest BCUT2D eigenvalue weighted by molar-refractivity contribution is 5.95. The third kappa shape index (κ3) is 12.5. The number of benzene rings is 1. The molecule has 254 valence electrons. The second kappa shape index (κ2) is 17.3. The summed E-state index contributed by atoms with van der Waals surface area (Å²) in [4.78, 5) is 71.9. The van der Waals surface area contributed by atoms with Crippen LogP contribution in [0.2, 0.25) is 0 Å². The smallest absolute Gasteiger partial charge is 0.408 e. The lowest BCUT2D eigenvalue weighted by molar-refractivity contribution is -0.153. The van der Waals surface area contributed by atoms with Gasteiger partial charge in [-0.1, -0.05) is 71.9 Å². The van der Waals surface area contributed by atoms with Crippen molar-refractivity contribution in [3.05, 3.63) is 35.9 Å². The van der Waals surface area contributed by atoms with Crippen molar-refractivity contribution in [2.24, 2.45) is 17.8 Å². The maximum Gasteiger partial charge on any atom is 0.408 e. The summed E-state index contributed by atoms with van der Waals surface area (Å²) in [7, 11) is 4.76. The average molecular weight is 631 g/mol. The second-order valence-corrected chi connectivity index (χ2v) is 14.3. The fraction of sp³-hybridized carbons (Fsp3) is 0.686. The largest absolute Gasteiger partial charge is 0.444 e. The summed E-state index contributed by atoms with van der Waals surface area (Å²) in [6.45, 7) is 18.4. The maximum absolute atomic E-state index is 14.2. The van der Waals surface area contributed by atoms with Crippen LogP contribution in [0.15, 0.2) is 30.3 Å². The molecule has 0 aromatic heterocycles. The molecule has 0 bridgehead atoms. The Morgan fingerprint density at radius 3 is 1.58 bits per heavy atom. The van der Waals surface area contributed by atoms with E-state index in [4.69, 9.17) is 4.74 Å². The van der Waals surface area contributed by atoms with Gasteiger partial charge in [-0.2, -0.15) is 0 Å². The van der Waals surface area contributed by atoms with Gasteiger partial charge in [-0.25, -0.2) is 4.79 Å². The third-order valence-corrected chi connectivity index (χ3v) is 7.64. The highest BCUT2D eigenvalue weighted by Crippen LogP contribution is 2.22. The number of amides is 4. The molecule has 10 nitrogen and oxygen atoms in total. The first-order chi connectivity index (χ1) is 20.7. The summed E-state index contributed by atoms with van der Waals surface area (Å²) in [5, 5.41) is 2.56. The summed E-state index contributed by atoms with van der Waals surface area (Å²) in [5.74, 6) is -1.25. The Bertz CT molecular complexity index is 1140. The monoisotopic (exact) mass is 630 g/mol. The molecule has 4 atom stereocenters. The maximum atomic E-state index is 14.2. The van der Waals surface area contributed by atoms with Crippen molar-refractivity contribution in [2.75, 3.05) is 21.1 Å². The number of nitrogens with zero attached hydrogens (tertiary/aromatic N) is 3. The molecule has 10 heteroatoms. The van der Waals surface area contributed by atoms with Gasteiger partial charge in [0.1, 0.15) is 23.7 Å². The lowest BCUT2D eigenvalue weighted by Crippen LogP contribution is -2.59. The zero-order valence-corrected chi connectivity index (χ0v) is 29.8. The quantitative estimate of drug-likeness (QED) is 0.294. The molecule has 0 aliphatic rings. The van der Waals surface area contributed by atoms with Gasteiger partial charge >= 0.3 is 6.09 Å². The van der Waals surface area contributed by atoms with E-state index < -0.39 is 41.8 Å². The molecular formula is C35H58N4O6. The average Bonchev–Trinajstić information content (AvgIpc) is 2.91. The van der Waals surface area contributed by atoms with Crippen LogP contribution in [0, 0.1) is 17.8 Å². The van der Waals surface area contributed by atoms with E-state index in [-0.39, 0.29) is 41.8 Å². The summed E-state index contributed by atoms with van der Waals surface area (Å²) in [6.07, 6.45) is 0.204. The number of ketones is 1. The molecule has 1 N–H and O–H groups in total. The number of alkyl carbamates (subject to hydrolysis) is 1. The predicted molar refractivity (Wildman–Crippen MR) is 177 cm³/mol. The van der Waals surface area contributed by atoms with E-state index in [2.05, 4.69) is 5.32 Å². The molecule has 4 amide bonds. The van der Waals surface area contributed by atoms with Crippen molar-refractivity contribution in [3.8, 4) is 0 Å². The SMILES string of the molecule is CC(C)C[C@@H](C(=O)N(C)[C@@H](CC(C)C)C(=O)N(C)[C@H](C(=O)Cc1ccccc1)C(C)C)N(C)C(=O)[C@@H](C)NC(=O)OC(C)(C)C. The van der Waals surface area contributed by atoms with Gasteiger partial charge in [0, 0.05) is 27.6 Å². The van der Waals surface area contributed by atoms with Crippen LogP contribution in [0.1, 0.15) is 87.6 Å². The van der Waals surface area contributed by atoms with Crippen LogP contribution in [0.4, 0.5) is 4.79 Å². The molecule has 1 aromatic carbocycles. The van der Waals surface area contributed by atoms with E-state index in [1.54, 1.807) is 41.8 Å². The third-order valence-electron chi connectivity index (χ3n) is 7.64. The van der Waals surface area contributed by atoms with Gasteiger partial charge in [0.25, 0.3) is 0 Å². The predicted octanol–water partition coefficient (Wildman–Crippen LogP) is 4.94. The van der Waals surface area contributed by atoms with Gasteiger partial charge in [-0.05, 0) is 63.9 Å². The minimum Gasteiger partial charge on any atom is -0.444 e. The summed E-state index contributed by atoms with van der Waals surface area (Å²) in [6, 6.07) is 6.09. The fourth-order valence-corrected chi connectivity index (χ4v) is 5.44. The number of carbonyl (C=O) groups excluding carboxylic acids is 5. The number of Topliss-reactive ketones (excluding diaryl/α,β-unsaturated/α-hetero) is 1. The summed E-state index contributed by atoms with van der Waals surface area (Å²) in [5.41, 5.74) is 0.142. The van der Waals surface area contributed by atoms with Crippen LogP contribution >= 0.6 is 0 Å². The van der Waals surface area contributed by atoms with Gasteiger partial charge in [-0.15, -0.1) is 0 Å². The van der Waals surface area contributed by atoms with E-state index >= 15 is 0 Å². The van der Waals surface area contributed by atoms with Crippen LogP contribution < -0.4 is 5.32 Å². The van der Waals surface area contributed by atoms with Crippen molar-refractivity contribution in [3.63, 3.8) is 0 Å². The first-order valence-corrected chi connectivity index (χ1v) is 16.0. The molecule has 45 heavy (non-hydrogen) atoms. The number of nitrogens with one attached hydrogen (secondary N) is 1. The van der Waals surface area contributed by atoms with Crippen LogP contribution in [-0.2, 0) is 30.3 Å². The summed E-state index contributed by atoms with van der Waals surface area (Å²) >= 11 is 0. The Morgan fingerprint density at radius 1 is 0.711 bits per heavy atom. The van der Waals surface area contributed by atoms with Crippen molar-refractivity contribution >= 4 is 29.6 Å². The standard InChI is InChI=1S/C35H58N4O6/c1-22(2)19-27(37(11)31(41)25(7)36-34(44)45-35(8,9)10)32(42)38(12)28(20-23(3)4)33(43)39(13)30(24(5)6)29(40)21-26-17-15-14-16-18-26/h14-18,22-25,27-28,30H,19-21H2,1-13H3,(H,36,44)/t25-,27+,28+,30+/m1/s1. The minimum atomic E-state index is -0.945. The minimum absolute atomic E-state index is 0.0552. The summed E-state index contributed by atoms with van der Waals surface area (Å²) < 4.78 is 5.29. The number of hydrogen-bond acceptors (Lipinski definition) is 6. The van der Waals surface area contributed by atoms with Crippen molar-refractivity contribution < 1.29 is 28.7 Å². The normalized spacial score (nSPS) is 14.4. The van der Waals surface area contributed by atoms with E-state index in [0.29, 0.717) is 12.8 Å². The molecule has 0 saturated carbocycles. The van der Waals surface area contributed by atoms with Crippen LogP contribution in [0.3, 0.4) is 0 Å². The Morgan fingerprint density at radius 2 is 1.16 bits per heavy atom. The Kier molecular flexibility index (Phi) is 15.2. The Balaban J connectivity index is 3.31. The number of likely N-dealkylation sites (N-methyl/N-ethyl adjacent to an activating group) is 3. The Labute approximate surface area is 271 Å². The number of ether oxygens (including phenoxy) is 1. The van der Waals surface area contributed by atoms with Gasteiger partial charge in [0.2, 0.25) is 17.7 Å². The van der Waals surface area contributed by atoms with Crippen LogP contribution in [0.25, 0.3) is 0 Å². The van der Waals surface area contributed by atoms with Crippen molar-refractivity contribution in [2.45, 2.75) is 118 Å². The number of rotatable bonds is 15. The van der Waals surface area contributed by atoms with E-state index in [0.717, 1.165) is 5.56 Å². The first-order valence-electron chi connectivity index (χ1n) is 16.0. The zero-order chi connectivity index (χ0) is 34.8. The van der Waals surface area contributed by atoms with Gasteiger partial charge < -0.3 is 24.8 Å². The lowest BCUT2D eigenvalue weighted by Gasteiger charge is -2.39. The van der Waals surface area contributed by atoms with Gasteiger partial charge in [-0.3, -0.25) is 19.2 Å². The first kappa shape index (κ1) is 39.6. The Hall–Kier alpha value is -3.43. The molecule has 0 saturated heterocycles. The highest BCUT2D eigenvalue weighted by Gasteiger charge is 2.40. The van der Waals surface area contributed by atoms with Crippen molar-refractivity contribution in [1.82, 2.24) is 20.0 Å². The van der Waals surface area contributed by atoms with E-state index in [1.165, 1.54) is 21.7 Å². The molecule has 0 spiro atoms. The van der Waals surface area contributed by atoms with Crippen molar-refractivity contribution in [1.29, 1.82) is 0 Å². The molecule has 0 radical (unpaired) electrons. The van der Waals surface area contributed by atoms with E-state index in [1.807, 2.05) is 71.9 Å². The highest BCUT2D eigenvalue weighted by atomic mass is 16.6. The zero-order valence-electron chi connectivity index (χ0n) is 29.8. The van der Waals surface area contributed by atoms with Gasteiger partial charge in [0.05, 0.1) is 6.04 Å². The molecule has 0 aliphatic heterocycles. The van der Waals surface area contributed by atoms with E-state index in [9.17, 15) is 24.0 Å². The second-order valence-electron chi connectivity index (χ2n) is 14.3. The molecule has 0 unspecified atom stereocenters. The molecule has 1 rings (SSSR count).